The summed E-state index contributed by atoms with van der Waals surface area (Å²) in [7, 11) is 0. The SMILES string of the molecule is O=NN1CCCCC(C(=O)O)C1. The van der Waals surface area contributed by atoms with Gasteiger partial charge in [0.15, 0.2) is 0 Å². The number of rotatable bonds is 2. The van der Waals surface area contributed by atoms with E-state index in [1.165, 1.54) is 5.01 Å². The molecule has 0 aliphatic carbocycles. The summed E-state index contributed by atoms with van der Waals surface area (Å²) in [5, 5.41) is 12.8. The Bertz CT molecular complexity index is 183. The Morgan fingerprint density at radius 1 is 1.50 bits per heavy atom. The Balaban J connectivity index is 2.52. The molecule has 0 radical (unpaired) electrons. The Morgan fingerprint density at radius 3 is 2.83 bits per heavy atom. The third-order valence-corrected chi connectivity index (χ3v) is 2.11. The Kier molecular flexibility index (Phi) is 3.01. The summed E-state index contributed by atoms with van der Waals surface area (Å²) < 4.78 is 0. The van der Waals surface area contributed by atoms with Gasteiger partial charge in [0.1, 0.15) is 0 Å². The zero-order valence-corrected chi connectivity index (χ0v) is 6.77. The summed E-state index contributed by atoms with van der Waals surface area (Å²) >= 11 is 0. The van der Waals surface area contributed by atoms with Gasteiger partial charge in [-0.3, -0.25) is 9.80 Å². The van der Waals surface area contributed by atoms with E-state index >= 15 is 0 Å². The van der Waals surface area contributed by atoms with Crippen LogP contribution in [0.3, 0.4) is 0 Å². The summed E-state index contributed by atoms with van der Waals surface area (Å²) in [6.07, 6.45) is 2.37. The lowest BCUT2D eigenvalue weighted by Gasteiger charge is -2.14. The molecule has 1 saturated heterocycles. The van der Waals surface area contributed by atoms with Crippen LogP contribution < -0.4 is 0 Å². The third-order valence-electron chi connectivity index (χ3n) is 2.11. The summed E-state index contributed by atoms with van der Waals surface area (Å²) in [5.41, 5.74) is 0. The molecule has 68 valence electrons. The van der Waals surface area contributed by atoms with Crippen molar-refractivity contribution in [1.29, 1.82) is 0 Å². The van der Waals surface area contributed by atoms with Gasteiger partial charge in [-0.15, -0.1) is 4.91 Å². The van der Waals surface area contributed by atoms with Crippen LogP contribution in [0.25, 0.3) is 0 Å². The Labute approximate surface area is 70.3 Å². The zero-order valence-electron chi connectivity index (χ0n) is 6.77. The summed E-state index contributed by atoms with van der Waals surface area (Å²) in [6, 6.07) is 0. The van der Waals surface area contributed by atoms with Gasteiger partial charge in [-0.25, -0.2) is 0 Å². The Hall–Kier alpha value is -1.13. The predicted octanol–water partition coefficient (Wildman–Crippen LogP) is 0.855. The normalized spacial score (nSPS) is 24.7. The van der Waals surface area contributed by atoms with Gasteiger partial charge in [-0.1, -0.05) is 6.42 Å². The van der Waals surface area contributed by atoms with Crippen molar-refractivity contribution in [3.05, 3.63) is 4.91 Å². The molecule has 1 heterocycles. The minimum Gasteiger partial charge on any atom is -0.481 e. The van der Waals surface area contributed by atoms with E-state index in [1.54, 1.807) is 0 Å². The minimum absolute atomic E-state index is 0.263. The molecule has 1 unspecified atom stereocenters. The lowest BCUT2D eigenvalue weighted by atomic mass is 10.0. The van der Waals surface area contributed by atoms with Crippen molar-refractivity contribution < 1.29 is 9.90 Å². The standard InChI is InChI=1S/C7H12N2O3/c10-7(11)6-3-1-2-4-9(5-6)8-12/h6H,1-5H2,(H,10,11). The lowest BCUT2D eigenvalue weighted by molar-refractivity contribution is -0.142. The highest BCUT2D eigenvalue weighted by Crippen LogP contribution is 2.16. The monoisotopic (exact) mass is 172 g/mol. The summed E-state index contributed by atoms with van der Waals surface area (Å²) in [6.45, 7) is 0.853. The highest BCUT2D eigenvalue weighted by atomic mass is 16.4. The molecule has 0 aromatic carbocycles. The molecule has 0 bridgehead atoms. The maximum absolute atomic E-state index is 10.6. The highest BCUT2D eigenvalue weighted by Gasteiger charge is 2.23. The van der Waals surface area contributed by atoms with Crippen LogP contribution in [-0.2, 0) is 4.79 Å². The number of carboxylic acid groups (broad SMARTS) is 1. The second kappa shape index (κ2) is 4.04. The molecule has 1 aliphatic heterocycles. The van der Waals surface area contributed by atoms with Gasteiger partial charge in [-0.2, -0.15) is 0 Å². The fraction of sp³-hybridized carbons (Fsp3) is 0.857. The van der Waals surface area contributed by atoms with Crippen molar-refractivity contribution >= 4 is 5.97 Å². The molecule has 5 heteroatoms. The van der Waals surface area contributed by atoms with Crippen molar-refractivity contribution in [3.63, 3.8) is 0 Å². The molecule has 1 aliphatic rings. The molecule has 1 atom stereocenters. The molecule has 0 spiro atoms. The Morgan fingerprint density at radius 2 is 2.25 bits per heavy atom. The van der Waals surface area contributed by atoms with Crippen molar-refractivity contribution in [2.45, 2.75) is 19.3 Å². The molecule has 0 aromatic heterocycles. The van der Waals surface area contributed by atoms with Crippen LogP contribution in [-0.4, -0.2) is 29.2 Å². The lowest BCUT2D eigenvalue weighted by Crippen LogP contribution is -2.27. The van der Waals surface area contributed by atoms with Gasteiger partial charge in [0.05, 0.1) is 17.7 Å². The van der Waals surface area contributed by atoms with Crippen LogP contribution in [0.1, 0.15) is 19.3 Å². The van der Waals surface area contributed by atoms with Gasteiger partial charge in [0.25, 0.3) is 0 Å². The highest BCUT2D eigenvalue weighted by molar-refractivity contribution is 5.70. The molecule has 0 aromatic rings. The van der Waals surface area contributed by atoms with Crippen molar-refractivity contribution in [1.82, 2.24) is 5.01 Å². The first kappa shape index (κ1) is 8.96. The maximum atomic E-state index is 10.6. The molecular formula is C7H12N2O3. The molecule has 0 amide bonds. The first-order chi connectivity index (χ1) is 5.74. The second-order valence-corrected chi connectivity index (χ2v) is 3.03. The average Bonchev–Trinajstić information content (AvgIpc) is 2.28. The van der Waals surface area contributed by atoms with Crippen LogP contribution in [0.2, 0.25) is 0 Å². The number of nitrogens with zero attached hydrogens (tertiary/aromatic N) is 2. The molecule has 1 fully saturated rings. The number of carbonyl (C=O) groups is 1. The maximum Gasteiger partial charge on any atom is 0.308 e. The van der Waals surface area contributed by atoms with Gasteiger partial charge < -0.3 is 5.11 Å². The van der Waals surface area contributed by atoms with E-state index in [2.05, 4.69) is 5.29 Å². The molecule has 1 rings (SSSR count). The first-order valence-corrected chi connectivity index (χ1v) is 4.05. The van der Waals surface area contributed by atoms with Crippen LogP contribution in [0.4, 0.5) is 0 Å². The van der Waals surface area contributed by atoms with E-state index in [-0.39, 0.29) is 6.54 Å². The van der Waals surface area contributed by atoms with E-state index in [4.69, 9.17) is 5.11 Å². The number of hydrogen-bond donors (Lipinski definition) is 1. The van der Waals surface area contributed by atoms with Crippen LogP contribution in [0.15, 0.2) is 5.29 Å². The number of hydrogen-bond acceptors (Lipinski definition) is 3. The van der Waals surface area contributed by atoms with Gasteiger partial charge in [-0.05, 0) is 12.8 Å². The van der Waals surface area contributed by atoms with Gasteiger partial charge in [0.2, 0.25) is 0 Å². The average molecular weight is 172 g/mol. The molecule has 5 nitrogen and oxygen atoms in total. The first-order valence-electron chi connectivity index (χ1n) is 4.05. The van der Waals surface area contributed by atoms with Crippen molar-refractivity contribution in [2.24, 2.45) is 11.2 Å². The second-order valence-electron chi connectivity index (χ2n) is 3.03. The van der Waals surface area contributed by atoms with Crippen LogP contribution in [0.5, 0.6) is 0 Å². The summed E-state index contributed by atoms with van der Waals surface area (Å²) in [4.78, 5) is 20.8. The summed E-state index contributed by atoms with van der Waals surface area (Å²) in [5.74, 6) is -1.25. The number of nitroso groups, excluding NO2 is 1. The molecule has 12 heavy (non-hydrogen) atoms. The molecule has 0 saturated carbocycles. The zero-order chi connectivity index (χ0) is 8.97. The van der Waals surface area contributed by atoms with Gasteiger partial charge in [0, 0.05) is 6.54 Å². The van der Waals surface area contributed by atoms with E-state index in [0.717, 1.165) is 12.8 Å². The molecular weight excluding hydrogens is 160 g/mol. The van der Waals surface area contributed by atoms with Crippen LogP contribution in [0, 0.1) is 10.8 Å². The minimum atomic E-state index is -0.828. The van der Waals surface area contributed by atoms with E-state index in [1.807, 2.05) is 0 Å². The van der Waals surface area contributed by atoms with E-state index < -0.39 is 11.9 Å². The topological polar surface area (TPSA) is 70.0 Å². The van der Waals surface area contributed by atoms with E-state index in [0.29, 0.717) is 13.0 Å². The van der Waals surface area contributed by atoms with Gasteiger partial charge >= 0.3 is 5.97 Å². The van der Waals surface area contributed by atoms with Crippen molar-refractivity contribution in [2.75, 3.05) is 13.1 Å². The predicted molar refractivity (Wildman–Crippen MR) is 42.3 cm³/mol. The quantitative estimate of drug-likeness (QED) is 0.627. The van der Waals surface area contributed by atoms with Crippen molar-refractivity contribution in [3.8, 4) is 0 Å². The fourth-order valence-electron chi connectivity index (χ4n) is 1.40. The largest absolute Gasteiger partial charge is 0.481 e. The molecule has 1 N–H and O–H groups in total. The third kappa shape index (κ3) is 2.18. The van der Waals surface area contributed by atoms with Crippen LogP contribution >= 0.6 is 0 Å². The fourth-order valence-corrected chi connectivity index (χ4v) is 1.40. The smallest absolute Gasteiger partial charge is 0.308 e. The number of carboxylic acids is 1. The number of aliphatic carboxylic acids is 1. The van der Waals surface area contributed by atoms with E-state index in [9.17, 15) is 9.70 Å².